The minimum atomic E-state index is 0.746. The fourth-order valence-electron chi connectivity index (χ4n) is 1.78. The lowest BCUT2D eigenvalue weighted by Crippen LogP contribution is -1.90. The van der Waals surface area contributed by atoms with Crippen molar-refractivity contribution in [2.24, 2.45) is 0 Å². The van der Waals surface area contributed by atoms with E-state index in [0.29, 0.717) is 0 Å². The summed E-state index contributed by atoms with van der Waals surface area (Å²) in [5.41, 5.74) is 1.49. The highest BCUT2D eigenvalue weighted by Crippen LogP contribution is 2.32. The molecule has 2 rings (SSSR count). The molecule has 0 bridgehead atoms. The Kier molecular flexibility index (Phi) is 1.93. The van der Waals surface area contributed by atoms with Crippen LogP contribution in [0.1, 0.15) is 30.7 Å². The minimum Gasteiger partial charge on any atom is -0.0622 e. The molecule has 0 amide bonds. The van der Waals surface area contributed by atoms with Crippen LogP contribution in [0.2, 0.25) is 0 Å². The third kappa shape index (κ3) is 1.45. The van der Waals surface area contributed by atoms with Crippen LogP contribution in [0.3, 0.4) is 0 Å². The Bertz CT molecular complexity index is 207. The SMILES string of the molecule is [CH]1CCCC1c1ccccc1. The van der Waals surface area contributed by atoms with Gasteiger partial charge in [0.25, 0.3) is 0 Å². The second-order valence-corrected chi connectivity index (χ2v) is 3.18. The van der Waals surface area contributed by atoms with Gasteiger partial charge in [-0.15, -0.1) is 0 Å². The molecule has 0 N–H and O–H groups in total. The average Bonchev–Trinajstić information content (AvgIpc) is 2.58. The first-order valence-corrected chi connectivity index (χ1v) is 4.35. The van der Waals surface area contributed by atoms with E-state index < -0.39 is 0 Å². The molecule has 1 fully saturated rings. The highest BCUT2D eigenvalue weighted by Gasteiger charge is 2.16. The van der Waals surface area contributed by atoms with Crippen LogP contribution >= 0.6 is 0 Å². The Hall–Kier alpha value is -0.780. The smallest absolute Gasteiger partial charge is 0.0131 e. The minimum absolute atomic E-state index is 0.746. The molecular formula is C11H13. The van der Waals surface area contributed by atoms with Crippen LogP contribution in [0.5, 0.6) is 0 Å². The molecule has 0 saturated heterocycles. The molecule has 0 spiro atoms. The van der Waals surface area contributed by atoms with Crippen molar-refractivity contribution in [2.45, 2.75) is 25.2 Å². The van der Waals surface area contributed by atoms with E-state index in [1.165, 1.54) is 24.8 Å². The zero-order chi connectivity index (χ0) is 7.52. The van der Waals surface area contributed by atoms with Gasteiger partial charge in [-0.3, -0.25) is 0 Å². The average molecular weight is 145 g/mol. The zero-order valence-electron chi connectivity index (χ0n) is 6.66. The van der Waals surface area contributed by atoms with E-state index in [0.717, 1.165) is 5.92 Å². The van der Waals surface area contributed by atoms with Gasteiger partial charge >= 0.3 is 0 Å². The Labute approximate surface area is 68.3 Å². The molecule has 1 aromatic carbocycles. The normalized spacial score (nSPS) is 18.9. The molecule has 1 aliphatic carbocycles. The first-order valence-electron chi connectivity index (χ1n) is 4.35. The lowest BCUT2D eigenvalue weighted by molar-refractivity contribution is 0.791. The summed E-state index contributed by atoms with van der Waals surface area (Å²) in [6, 6.07) is 10.8. The second kappa shape index (κ2) is 3.08. The van der Waals surface area contributed by atoms with Crippen molar-refractivity contribution in [3.8, 4) is 0 Å². The van der Waals surface area contributed by atoms with Gasteiger partial charge < -0.3 is 0 Å². The van der Waals surface area contributed by atoms with Gasteiger partial charge in [0.1, 0.15) is 0 Å². The summed E-state index contributed by atoms with van der Waals surface area (Å²) < 4.78 is 0. The van der Waals surface area contributed by atoms with Crippen LogP contribution in [0.15, 0.2) is 30.3 Å². The summed E-state index contributed by atoms with van der Waals surface area (Å²) >= 11 is 0. The highest BCUT2D eigenvalue weighted by atomic mass is 14.2. The molecule has 0 aromatic heterocycles. The number of hydrogen-bond donors (Lipinski definition) is 0. The van der Waals surface area contributed by atoms with E-state index in [-0.39, 0.29) is 0 Å². The van der Waals surface area contributed by atoms with Gasteiger partial charge in [0, 0.05) is 0 Å². The van der Waals surface area contributed by atoms with Crippen LogP contribution in [-0.4, -0.2) is 0 Å². The molecule has 0 heteroatoms. The summed E-state index contributed by atoms with van der Waals surface area (Å²) in [6.45, 7) is 0. The van der Waals surface area contributed by atoms with Crippen molar-refractivity contribution in [3.63, 3.8) is 0 Å². The first kappa shape index (κ1) is 6.90. The van der Waals surface area contributed by atoms with Gasteiger partial charge in [0.05, 0.1) is 0 Å². The van der Waals surface area contributed by atoms with Gasteiger partial charge in [0.2, 0.25) is 0 Å². The lowest BCUT2D eigenvalue weighted by atomic mass is 9.98. The molecule has 1 aliphatic rings. The van der Waals surface area contributed by atoms with Crippen molar-refractivity contribution in [2.75, 3.05) is 0 Å². The Morgan fingerprint density at radius 3 is 2.55 bits per heavy atom. The van der Waals surface area contributed by atoms with Gasteiger partial charge in [-0.05, 0) is 30.7 Å². The maximum Gasteiger partial charge on any atom is -0.0131 e. The van der Waals surface area contributed by atoms with Crippen LogP contribution < -0.4 is 0 Å². The molecule has 1 aromatic rings. The molecule has 57 valence electrons. The lowest BCUT2D eigenvalue weighted by Gasteiger charge is -2.07. The van der Waals surface area contributed by atoms with Crippen molar-refractivity contribution in [3.05, 3.63) is 42.3 Å². The van der Waals surface area contributed by atoms with E-state index in [1.54, 1.807) is 0 Å². The molecule has 0 nitrogen and oxygen atoms in total. The van der Waals surface area contributed by atoms with Gasteiger partial charge in [-0.1, -0.05) is 36.8 Å². The van der Waals surface area contributed by atoms with E-state index in [4.69, 9.17) is 0 Å². The maximum absolute atomic E-state index is 2.44. The molecule has 1 unspecified atom stereocenters. The largest absolute Gasteiger partial charge is 0.0622 e. The molecule has 0 heterocycles. The summed E-state index contributed by atoms with van der Waals surface area (Å²) in [7, 11) is 0. The van der Waals surface area contributed by atoms with Crippen molar-refractivity contribution in [1.29, 1.82) is 0 Å². The standard InChI is InChI=1S/C11H13/c1-2-6-10(7-3-1)11-8-4-5-9-11/h1-3,6-8,11H,4-5,9H2. The number of benzene rings is 1. The predicted molar refractivity (Wildman–Crippen MR) is 47.3 cm³/mol. The molecular weight excluding hydrogens is 132 g/mol. The monoisotopic (exact) mass is 145 g/mol. The third-order valence-electron chi connectivity index (χ3n) is 2.40. The van der Waals surface area contributed by atoms with Crippen molar-refractivity contribution in [1.82, 2.24) is 0 Å². The fourth-order valence-corrected chi connectivity index (χ4v) is 1.78. The Morgan fingerprint density at radius 2 is 1.91 bits per heavy atom. The maximum atomic E-state index is 2.44. The first-order chi connectivity index (χ1) is 5.47. The van der Waals surface area contributed by atoms with Crippen LogP contribution in [0.4, 0.5) is 0 Å². The Morgan fingerprint density at radius 1 is 1.09 bits per heavy atom. The third-order valence-corrected chi connectivity index (χ3v) is 2.40. The van der Waals surface area contributed by atoms with Gasteiger partial charge in [-0.25, -0.2) is 0 Å². The highest BCUT2D eigenvalue weighted by molar-refractivity contribution is 5.23. The topological polar surface area (TPSA) is 0 Å². The number of hydrogen-bond acceptors (Lipinski definition) is 0. The van der Waals surface area contributed by atoms with E-state index in [2.05, 4.69) is 36.8 Å². The second-order valence-electron chi connectivity index (χ2n) is 3.18. The van der Waals surface area contributed by atoms with Crippen molar-refractivity contribution >= 4 is 0 Å². The quantitative estimate of drug-likeness (QED) is 0.569. The van der Waals surface area contributed by atoms with Crippen LogP contribution in [-0.2, 0) is 0 Å². The van der Waals surface area contributed by atoms with Crippen LogP contribution in [0.25, 0.3) is 0 Å². The van der Waals surface area contributed by atoms with Crippen LogP contribution in [0, 0.1) is 6.42 Å². The van der Waals surface area contributed by atoms with E-state index >= 15 is 0 Å². The van der Waals surface area contributed by atoms with Gasteiger partial charge in [-0.2, -0.15) is 0 Å². The number of rotatable bonds is 1. The fraction of sp³-hybridized carbons (Fsp3) is 0.364. The van der Waals surface area contributed by atoms with E-state index in [9.17, 15) is 0 Å². The Balaban J connectivity index is 2.16. The van der Waals surface area contributed by atoms with Gasteiger partial charge in [0.15, 0.2) is 0 Å². The summed E-state index contributed by atoms with van der Waals surface area (Å²) in [6.07, 6.45) is 6.47. The molecule has 1 atom stereocenters. The van der Waals surface area contributed by atoms with E-state index in [1.807, 2.05) is 0 Å². The zero-order valence-corrected chi connectivity index (χ0v) is 6.66. The molecule has 1 radical (unpaired) electrons. The molecule has 0 aliphatic heterocycles. The molecule has 1 saturated carbocycles. The molecule has 11 heavy (non-hydrogen) atoms. The summed E-state index contributed by atoms with van der Waals surface area (Å²) in [5, 5.41) is 0. The predicted octanol–water partition coefficient (Wildman–Crippen LogP) is 3.16. The summed E-state index contributed by atoms with van der Waals surface area (Å²) in [4.78, 5) is 0. The summed E-state index contributed by atoms with van der Waals surface area (Å²) in [5.74, 6) is 0.746. The van der Waals surface area contributed by atoms with Crippen molar-refractivity contribution < 1.29 is 0 Å².